The number of hydrogen-bond acceptors (Lipinski definition) is 4. The second-order valence-electron chi connectivity index (χ2n) is 10.4. The van der Waals surface area contributed by atoms with Crippen molar-refractivity contribution in [2.75, 3.05) is 0 Å². The van der Waals surface area contributed by atoms with E-state index in [2.05, 4.69) is 10.6 Å². The molecule has 0 aromatic rings. The molecule has 2 N–H and O–H groups in total. The summed E-state index contributed by atoms with van der Waals surface area (Å²) in [6, 6.07) is -0.527. The van der Waals surface area contributed by atoms with Crippen molar-refractivity contribution < 1.29 is 19.1 Å². The number of carbonyl (C=O) groups is 3. The predicted molar refractivity (Wildman–Crippen MR) is 115 cm³/mol. The Bertz CT molecular complexity index is 784. The van der Waals surface area contributed by atoms with E-state index in [-0.39, 0.29) is 35.8 Å². The molecule has 0 unspecified atom stereocenters. The topological polar surface area (TPSA) is 87.7 Å². The van der Waals surface area contributed by atoms with E-state index in [0.29, 0.717) is 0 Å². The Hall–Kier alpha value is -1.89. The van der Waals surface area contributed by atoms with Crippen molar-refractivity contribution in [1.29, 1.82) is 0 Å². The number of nitrogens with zero attached hydrogens (tertiary/aromatic N) is 1. The van der Waals surface area contributed by atoms with Crippen LogP contribution < -0.4 is 10.6 Å². The molecule has 2 aliphatic carbocycles. The van der Waals surface area contributed by atoms with Crippen molar-refractivity contribution in [2.24, 2.45) is 11.8 Å². The number of ether oxygens (including phenoxy) is 1. The van der Waals surface area contributed by atoms with Crippen LogP contribution >= 0.6 is 0 Å². The van der Waals surface area contributed by atoms with Gasteiger partial charge < -0.3 is 20.3 Å². The number of amides is 3. The third kappa shape index (κ3) is 3.31. The van der Waals surface area contributed by atoms with Crippen LogP contribution in [0.2, 0.25) is 0 Å². The van der Waals surface area contributed by atoms with Crippen molar-refractivity contribution in [3.63, 3.8) is 0 Å². The van der Waals surface area contributed by atoms with Crippen LogP contribution in [0.4, 0.5) is 0 Å². The molecule has 7 nitrogen and oxygen atoms in total. The Morgan fingerprint density at radius 3 is 2.19 bits per heavy atom. The first-order chi connectivity index (χ1) is 14.9. The first-order valence-corrected chi connectivity index (χ1v) is 12.2. The largest absolute Gasteiger partial charge is 0.359 e. The van der Waals surface area contributed by atoms with Crippen molar-refractivity contribution in [3.05, 3.63) is 12.2 Å². The van der Waals surface area contributed by atoms with Crippen molar-refractivity contribution in [3.8, 4) is 0 Å². The minimum atomic E-state index is -1.04. The molecule has 3 amide bonds. The van der Waals surface area contributed by atoms with Gasteiger partial charge in [0.05, 0.1) is 17.9 Å². The maximum absolute atomic E-state index is 13.6. The lowest BCUT2D eigenvalue weighted by atomic mass is 9.74. The lowest BCUT2D eigenvalue weighted by Gasteiger charge is -2.35. The molecular formula is C24H35N3O4. The lowest BCUT2D eigenvalue weighted by molar-refractivity contribution is -0.144. The minimum Gasteiger partial charge on any atom is -0.359 e. The highest BCUT2D eigenvalue weighted by molar-refractivity contribution is 6.00. The standard InChI is InChI=1S/C24H35N3O4/c1-14(2)27-20(22(29)26-16-8-4-3-5-9-16)24-13-12-17(31-24)18(19(24)23(27)30)21(28)25-15-10-6-7-11-15/h12-20H,3-11H2,1-2H3,(H,25,28)(H,26,29)/t17-,18+,19+,20-,24+/m1/s1. The summed E-state index contributed by atoms with van der Waals surface area (Å²) < 4.78 is 6.36. The van der Waals surface area contributed by atoms with E-state index in [1.165, 1.54) is 6.42 Å². The van der Waals surface area contributed by atoms with Gasteiger partial charge in [-0.2, -0.15) is 0 Å². The summed E-state index contributed by atoms with van der Waals surface area (Å²) in [5.74, 6) is -1.56. The fourth-order valence-electron chi connectivity index (χ4n) is 6.66. The number of fused-ring (bicyclic) bond motifs is 1. The summed E-state index contributed by atoms with van der Waals surface area (Å²) in [6.45, 7) is 3.86. The van der Waals surface area contributed by atoms with Gasteiger partial charge in [0.15, 0.2) is 0 Å². The zero-order valence-electron chi connectivity index (χ0n) is 18.6. The van der Waals surface area contributed by atoms with Gasteiger partial charge in [0.25, 0.3) is 0 Å². The molecule has 4 fully saturated rings. The second kappa shape index (κ2) is 7.91. The quantitative estimate of drug-likeness (QED) is 0.655. The smallest absolute Gasteiger partial charge is 0.246 e. The molecule has 0 aromatic carbocycles. The molecular weight excluding hydrogens is 394 g/mol. The molecule has 31 heavy (non-hydrogen) atoms. The van der Waals surface area contributed by atoms with Gasteiger partial charge in [0.1, 0.15) is 11.6 Å². The molecule has 3 aliphatic heterocycles. The zero-order valence-corrected chi connectivity index (χ0v) is 18.6. The number of nitrogens with one attached hydrogen (secondary N) is 2. The molecule has 1 spiro atoms. The lowest BCUT2D eigenvalue weighted by Crippen LogP contribution is -2.57. The van der Waals surface area contributed by atoms with E-state index >= 15 is 0 Å². The first kappa shape index (κ1) is 21.0. The Labute approximate surface area is 184 Å². The van der Waals surface area contributed by atoms with Crippen LogP contribution in [0, 0.1) is 11.8 Å². The second-order valence-corrected chi connectivity index (χ2v) is 10.4. The Kier molecular flexibility index (Phi) is 5.35. The van der Waals surface area contributed by atoms with Crippen LogP contribution in [0.5, 0.6) is 0 Å². The SMILES string of the molecule is CC(C)N1C(=O)[C@@H]2[C@@H](C(=O)NC3CCCC3)[C@H]3C=C[C@@]2(O3)[C@H]1C(=O)NC1CCCCC1. The molecule has 0 radical (unpaired) electrons. The summed E-state index contributed by atoms with van der Waals surface area (Å²) in [7, 11) is 0. The average Bonchev–Trinajstić information content (AvgIpc) is 3.50. The van der Waals surface area contributed by atoms with Gasteiger partial charge in [-0.15, -0.1) is 0 Å². The van der Waals surface area contributed by atoms with E-state index in [1.807, 2.05) is 26.0 Å². The van der Waals surface area contributed by atoms with Crippen LogP contribution in [-0.2, 0) is 19.1 Å². The average molecular weight is 430 g/mol. The molecule has 2 bridgehead atoms. The third-order valence-corrected chi connectivity index (χ3v) is 8.07. The monoisotopic (exact) mass is 429 g/mol. The van der Waals surface area contributed by atoms with E-state index in [1.54, 1.807) is 4.90 Å². The summed E-state index contributed by atoms with van der Waals surface area (Å²) in [6.07, 6.45) is 13.0. The molecule has 2 saturated heterocycles. The summed E-state index contributed by atoms with van der Waals surface area (Å²) >= 11 is 0. The highest BCUT2D eigenvalue weighted by Gasteiger charge is 2.73. The summed E-state index contributed by atoms with van der Waals surface area (Å²) in [5.41, 5.74) is -1.04. The molecule has 5 aliphatic rings. The van der Waals surface area contributed by atoms with Gasteiger partial charge in [-0.05, 0) is 39.5 Å². The number of hydrogen-bond donors (Lipinski definition) is 2. The highest BCUT2D eigenvalue weighted by atomic mass is 16.5. The van der Waals surface area contributed by atoms with Crippen molar-refractivity contribution in [2.45, 2.75) is 108 Å². The van der Waals surface area contributed by atoms with Gasteiger partial charge in [-0.3, -0.25) is 14.4 Å². The van der Waals surface area contributed by atoms with Gasteiger partial charge in [-0.25, -0.2) is 0 Å². The molecule has 3 heterocycles. The normalized spacial score (nSPS) is 37.6. The van der Waals surface area contributed by atoms with Gasteiger partial charge in [0, 0.05) is 18.1 Å². The van der Waals surface area contributed by atoms with Gasteiger partial charge >= 0.3 is 0 Å². The molecule has 0 aromatic heterocycles. The van der Waals surface area contributed by atoms with Crippen LogP contribution in [0.25, 0.3) is 0 Å². The van der Waals surface area contributed by atoms with Crippen LogP contribution in [0.15, 0.2) is 12.2 Å². The van der Waals surface area contributed by atoms with Crippen LogP contribution in [-0.4, -0.2) is 58.5 Å². The van der Waals surface area contributed by atoms with E-state index in [4.69, 9.17) is 4.74 Å². The predicted octanol–water partition coefficient (Wildman–Crippen LogP) is 2.05. The zero-order chi connectivity index (χ0) is 21.8. The number of carbonyl (C=O) groups excluding carboxylic acids is 3. The fourth-order valence-corrected chi connectivity index (χ4v) is 6.66. The third-order valence-electron chi connectivity index (χ3n) is 8.07. The molecule has 2 saturated carbocycles. The van der Waals surface area contributed by atoms with Gasteiger partial charge in [0.2, 0.25) is 17.7 Å². The minimum absolute atomic E-state index is 0.0986. The Morgan fingerprint density at radius 2 is 1.58 bits per heavy atom. The van der Waals surface area contributed by atoms with Crippen molar-refractivity contribution in [1.82, 2.24) is 15.5 Å². The molecule has 7 heteroatoms. The molecule has 5 rings (SSSR count). The Morgan fingerprint density at radius 1 is 1.00 bits per heavy atom. The number of likely N-dealkylation sites (tertiary alicyclic amines) is 1. The molecule has 170 valence electrons. The maximum Gasteiger partial charge on any atom is 0.246 e. The van der Waals surface area contributed by atoms with Gasteiger partial charge in [-0.1, -0.05) is 44.3 Å². The van der Waals surface area contributed by atoms with E-state index in [9.17, 15) is 14.4 Å². The van der Waals surface area contributed by atoms with Crippen molar-refractivity contribution >= 4 is 17.7 Å². The Balaban J connectivity index is 1.42. The fraction of sp³-hybridized carbons (Fsp3) is 0.792. The van der Waals surface area contributed by atoms with E-state index < -0.39 is 29.6 Å². The first-order valence-electron chi connectivity index (χ1n) is 12.2. The summed E-state index contributed by atoms with van der Waals surface area (Å²) in [5, 5.41) is 6.38. The van der Waals surface area contributed by atoms with Crippen LogP contribution in [0.1, 0.15) is 71.6 Å². The molecule has 5 atom stereocenters. The number of rotatable bonds is 5. The highest BCUT2D eigenvalue weighted by Crippen LogP contribution is 2.55. The van der Waals surface area contributed by atoms with Crippen LogP contribution in [0.3, 0.4) is 0 Å². The summed E-state index contributed by atoms with van der Waals surface area (Å²) in [4.78, 5) is 42.1. The maximum atomic E-state index is 13.6. The van der Waals surface area contributed by atoms with E-state index in [0.717, 1.165) is 51.4 Å².